The van der Waals surface area contributed by atoms with E-state index in [4.69, 9.17) is 4.74 Å². The summed E-state index contributed by atoms with van der Waals surface area (Å²) in [7, 11) is 1.51. The number of hydrogen-bond donors (Lipinski definition) is 1. The van der Waals surface area contributed by atoms with Crippen molar-refractivity contribution in [3.05, 3.63) is 63.8 Å². The number of methoxy groups -OCH3 is 1. The number of halogens is 1. The SMILES string of the molecule is COCc1c(C(=O)Nc2c(C)cccc2C(=O)N2CCCC2)sc2cccc(F)c12. The first-order chi connectivity index (χ1) is 14.5. The molecule has 2 amide bonds. The Morgan fingerprint density at radius 2 is 1.90 bits per heavy atom. The number of carbonyl (C=O) groups is 2. The number of ether oxygens (including phenoxy) is 1. The summed E-state index contributed by atoms with van der Waals surface area (Å²) in [6.07, 6.45) is 1.99. The zero-order valence-electron chi connectivity index (χ0n) is 17.0. The van der Waals surface area contributed by atoms with E-state index < -0.39 is 0 Å². The molecule has 1 aromatic heterocycles. The Balaban J connectivity index is 1.72. The number of nitrogens with one attached hydrogen (secondary N) is 1. The fourth-order valence-electron chi connectivity index (χ4n) is 3.91. The van der Waals surface area contributed by atoms with E-state index in [1.54, 1.807) is 18.2 Å². The average Bonchev–Trinajstić information content (AvgIpc) is 3.38. The summed E-state index contributed by atoms with van der Waals surface area (Å²) in [5.74, 6) is -0.825. The van der Waals surface area contributed by atoms with E-state index in [-0.39, 0.29) is 24.2 Å². The van der Waals surface area contributed by atoms with Crippen LogP contribution in [0.3, 0.4) is 0 Å². The number of thiophene rings is 1. The molecular formula is C23H23FN2O3S. The maximum Gasteiger partial charge on any atom is 0.266 e. The highest BCUT2D eigenvalue weighted by Gasteiger charge is 2.25. The van der Waals surface area contributed by atoms with Crippen LogP contribution in [0.5, 0.6) is 0 Å². The van der Waals surface area contributed by atoms with E-state index in [2.05, 4.69) is 5.32 Å². The molecule has 5 nitrogen and oxygen atoms in total. The Morgan fingerprint density at radius 1 is 1.17 bits per heavy atom. The lowest BCUT2D eigenvalue weighted by Gasteiger charge is -2.19. The minimum Gasteiger partial charge on any atom is -0.380 e. The molecule has 0 radical (unpaired) electrons. The van der Waals surface area contributed by atoms with E-state index in [0.717, 1.165) is 31.5 Å². The van der Waals surface area contributed by atoms with Crippen molar-refractivity contribution in [1.29, 1.82) is 0 Å². The molecule has 1 N–H and O–H groups in total. The number of carbonyl (C=O) groups excluding carboxylic acids is 2. The molecule has 1 aliphatic heterocycles. The van der Waals surface area contributed by atoms with Crippen LogP contribution in [0, 0.1) is 12.7 Å². The minimum absolute atomic E-state index is 0.0778. The summed E-state index contributed by atoms with van der Waals surface area (Å²) in [5, 5.41) is 3.33. The summed E-state index contributed by atoms with van der Waals surface area (Å²) < 4.78 is 20.4. The van der Waals surface area contributed by atoms with Crippen molar-refractivity contribution in [2.45, 2.75) is 26.4 Å². The van der Waals surface area contributed by atoms with E-state index in [9.17, 15) is 14.0 Å². The first-order valence-electron chi connectivity index (χ1n) is 9.90. The number of rotatable bonds is 5. The van der Waals surface area contributed by atoms with Crippen LogP contribution in [0.25, 0.3) is 10.1 Å². The number of anilines is 1. The molecule has 4 rings (SSSR count). The van der Waals surface area contributed by atoms with Gasteiger partial charge in [0.15, 0.2) is 0 Å². The fourth-order valence-corrected chi connectivity index (χ4v) is 5.02. The molecule has 1 aliphatic rings. The molecule has 2 heterocycles. The van der Waals surface area contributed by atoms with Crippen LogP contribution in [0.15, 0.2) is 36.4 Å². The van der Waals surface area contributed by atoms with Crippen molar-refractivity contribution < 1.29 is 18.7 Å². The number of amides is 2. The van der Waals surface area contributed by atoms with Gasteiger partial charge in [-0.05, 0) is 43.5 Å². The highest BCUT2D eigenvalue weighted by atomic mass is 32.1. The number of fused-ring (bicyclic) bond motifs is 1. The first kappa shape index (κ1) is 20.5. The molecule has 0 aliphatic carbocycles. The number of nitrogens with zero attached hydrogens (tertiary/aromatic N) is 1. The lowest BCUT2D eigenvalue weighted by atomic mass is 10.1. The normalized spacial score (nSPS) is 13.8. The van der Waals surface area contributed by atoms with Gasteiger partial charge < -0.3 is 15.0 Å². The van der Waals surface area contributed by atoms with Gasteiger partial charge in [-0.3, -0.25) is 9.59 Å². The second-order valence-corrected chi connectivity index (χ2v) is 8.46. The topological polar surface area (TPSA) is 58.6 Å². The van der Waals surface area contributed by atoms with Crippen LogP contribution < -0.4 is 5.32 Å². The quantitative estimate of drug-likeness (QED) is 0.626. The third-order valence-corrected chi connectivity index (χ3v) is 6.59. The second kappa shape index (κ2) is 8.53. The molecule has 2 aromatic carbocycles. The van der Waals surface area contributed by atoms with Crippen LogP contribution >= 0.6 is 11.3 Å². The predicted octanol–water partition coefficient (Wildman–Crippen LogP) is 4.98. The van der Waals surface area contributed by atoms with Crippen LogP contribution in [-0.2, 0) is 11.3 Å². The molecule has 0 atom stereocenters. The molecule has 0 bridgehead atoms. The van der Waals surface area contributed by atoms with Gasteiger partial charge in [-0.1, -0.05) is 18.2 Å². The molecule has 7 heteroatoms. The highest BCUT2D eigenvalue weighted by molar-refractivity contribution is 7.21. The molecule has 3 aromatic rings. The van der Waals surface area contributed by atoms with E-state index in [0.29, 0.717) is 31.8 Å². The van der Waals surface area contributed by atoms with Crippen molar-refractivity contribution in [2.24, 2.45) is 0 Å². The minimum atomic E-state index is -0.379. The maximum atomic E-state index is 14.4. The van der Waals surface area contributed by atoms with Gasteiger partial charge in [0.2, 0.25) is 0 Å². The van der Waals surface area contributed by atoms with E-state index in [1.165, 1.54) is 24.5 Å². The van der Waals surface area contributed by atoms with Gasteiger partial charge in [-0.15, -0.1) is 11.3 Å². The number of benzene rings is 2. The number of hydrogen-bond acceptors (Lipinski definition) is 4. The van der Waals surface area contributed by atoms with Crippen LogP contribution in [0.4, 0.5) is 10.1 Å². The molecule has 0 unspecified atom stereocenters. The Labute approximate surface area is 178 Å². The summed E-state index contributed by atoms with van der Waals surface area (Å²) in [5.41, 5.74) is 2.30. The number of aryl methyl sites for hydroxylation is 1. The largest absolute Gasteiger partial charge is 0.380 e. The van der Waals surface area contributed by atoms with Gasteiger partial charge in [0.1, 0.15) is 5.82 Å². The fraction of sp³-hybridized carbons (Fsp3) is 0.304. The van der Waals surface area contributed by atoms with Crippen molar-refractivity contribution in [3.63, 3.8) is 0 Å². The number of para-hydroxylation sites is 1. The third kappa shape index (κ3) is 3.70. The van der Waals surface area contributed by atoms with Crippen LogP contribution in [-0.4, -0.2) is 36.9 Å². The van der Waals surface area contributed by atoms with E-state index >= 15 is 0 Å². The zero-order valence-corrected chi connectivity index (χ0v) is 17.8. The highest BCUT2D eigenvalue weighted by Crippen LogP contribution is 2.35. The van der Waals surface area contributed by atoms with Gasteiger partial charge in [0, 0.05) is 35.8 Å². The molecule has 30 heavy (non-hydrogen) atoms. The smallest absolute Gasteiger partial charge is 0.266 e. The van der Waals surface area contributed by atoms with Crippen LogP contribution in [0.2, 0.25) is 0 Å². The van der Waals surface area contributed by atoms with Gasteiger partial charge in [-0.2, -0.15) is 0 Å². The van der Waals surface area contributed by atoms with E-state index in [1.807, 2.05) is 24.0 Å². The lowest BCUT2D eigenvalue weighted by Crippen LogP contribution is -2.29. The third-order valence-electron chi connectivity index (χ3n) is 5.39. The molecule has 0 saturated carbocycles. The first-order valence-corrected chi connectivity index (χ1v) is 10.7. The monoisotopic (exact) mass is 426 g/mol. The van der Waals surface area contributed by atoms with Crippen molar-refractivity contribution in [1.82, 2.24) is 4.90 Å². The molecule has 0 spiro atoms. The Hall–Kier alpha value is -2.77. The van der Waals surface area contributed by atoms with Gasteiger partial charge >= 0.3 is 0 Å². The molecular weight excluding hydrogens is 403 g/mol. The van der Waals surface area contributed by atoms with Crippen molar-refractivity contribution in [2.75, 3.05) is 25.5 Å². The number of likely N-dealkylation sites (tertiary alicyclic amines) is 1. The summed E-state index contributed by atoms with van der Waals surface area (Å²) in [4.78, 5) is 28.4. The Kier molecular flexibility index (Phi) is 5.83. The Morgan fingerprint density at radius 3 is 2.63 bits per heavy atom. The van der Waals surface area contributed by atoms with Crippen molar-refractivity contribution in [3.8, 4) is 0 Å². The lowest BCUT2D eigenvalue weighted by molar-refractivity contribution is 0.0793. The predicted molar refractivity (Wildman–Crippen MR) is 117 cm³/mol. The molecule has 156 valence electrons. The van der Waals surface area contributed by atoms with Crippen LogP contribution in [0.1, 0.15) is 44.0 Å². The van der Waals surface area contributed by atoms with Gasteiger partial charge in [0.25, 0.3) is 11.8 Å². The second-order valence-electron chi connectivity index (χ2n) is 7.41. The summed E-state index contributed by atoms with van der Waals surface area (Å²) in [6.45, 7) is 3.44. The average molecular weight is 427 g/mol. The summed E-state index contributed by atoms with van der Waals surface area (Å²) >= 11 is 1.22. The summed E-state index contributed by atoms with van der Waals surface area (Å²) in [6, 6.07) is 10.2. The molecule has 1 saturated heterocycles. The maximum absolute atomic E-state index is 14.4. The standard InChI is InChI=1S/C23H23FN2O3S/c1-14-7-5-8-15(23(28)26-11-3-4-12-26)20(14)25-22(27)21-16(13-29-2)19-17(24)9-6-10-18(19)30-21/h5-10H,3-4,11-13H2,1-2H3,(H,25,27). The van der Waals surface area contributed by atoms with Gasteiger partial charge in [0.05, 0.1) is 22.7 Å². The zero-order chi connectivity index (χ0) is 21.3. The molecule has 1 fully saturated rings. The Bertz CT molecular complexity index is 1120. The van der Waals surface area contributed by atoms with Crippen molar-refractivity contribution >= 4 is 38.9 Å². The van der Waals surface area contributed by atoms with Gasteiger partial charge in [-0.25, -0.2) is 4.39 Å².